The summed E-state index contributed by atoms with van der Waals surface area (Å²) in [5.41, 5.74) is 0.951. The molecular weight excluding hydrogens is 340 g/mol. The van der Waals surface area contributed by atoms with Crippen molar-refractivity contribution in [1.29, 1.82) is 0 Å². The Morgan fingerprint density at radius 1 is 1.32 bits per heavy atom. The Balaban J connectivity index is 2.10. The number of benzene rings is 1. The first-order valence-electron chi connectivity index (χ1n) is 7.99. The van der Waals surface area contributed by atoms with Crippen LogP contribution in [0.4, 0.5) is 0 Å². The minimum absolute atomic E-state index is 0.123. The van der Waals surface area contributed by atoms with Crippen molar-refractivity contribution in [3.8, 4) is 5.75 Å². The average Bonchev–Trinajstić information content (AvgIpc) is 2.62. The molecule has 25 heavy (non-hydrogen) atoms. The van der Waals surface area contributed by atoms with Gasteiger partial charge in [-0.25, -0.2) is 8.93 Å². The van der Waals surface area contributed by atoms with E-state index in [9.17, 15) is 9.00 Å². The van der Waals surface area contributed by atoms with Crippen LogP contribution in [0.3, 0.4) is 0 Å². The van der Waals surface area contributed by atoms with Gasteiger partial charge in [-0.1, -0.05) is 12.1 Å². The highest BCUT2D eigenvalue weighted by Crippen LogP contribution is 2.16. The predicted octanol–water partition coefficient (Wildman–Crippen LogP) is 2.27. The summed E-state index contributed by atoms with van der Waals surface area (Å²) in [5, 5.41) is 0. The predicted molar refractivity (Wildman–Crippen MR) is 95.5 cm³/mol. The summed E-state index contributed by atoms with van der Waals surface area (Å²) < 4.78 is 25.8. The van der Waals surface area contributed by atoms with Crippen molar-refractivity contribution in [3.05, 3.63) is 54.4 Å². The number of hydrogen-bond donors (Lipinski definition) is 1. The summed E-state index contributed by atoms with van der Waals surface area (Å²) >= 11 is 0. The van der Waals surface area contributed by atoms with Gasteiger partial charge >= 0.3 is 5.97 Å². The molecule has 134 valence electrons. The number of nitrogens with one attached hydrogen (secondary N) is 1. The van der Waals surface area contributed by atoms with Crippen molar-refractivity contribution in [2.45, 2.75) is 30.7 Å². The number of methoxy groups -OCH3 is 1. The summed E-state index contributed by atoms with van der Waals surface area (Å²) in [6.45, 7) is 2.08. The van der Waals surface area contributed by atoms with Gasteiger partial charge in [0.25, 0.3) is 0 Å². The molecule has 1 N–H and O–H groups in total. The zero-order valence-corrected chi connectivity index (χ0v) is 15.1. The molecule has 6 nitrogen and oxygen atoms in total. The monoisotopic (exact) mass is 362 g/mol. The van der Waals surface area contributed by atoms with E-state index in [0.717, 1.165) is 5.56 Å². The minimum Gasteiger partial charge on any atom is -0.497 e. The van der Waals surface area contributed by atoms with Crippen molar-refractivity contribution in [2.75, 3.05) is 13.7 Å². The smallest absolute Gasteiger partial charge is 0.307 e. The third-order valence-electron chi connectivity index (χ3n) is 3.45. The summed E-state index contributed by atoms with van der Waals surface area (Å²) in [6.07, 6.45) is 4.06. The number of rotatable bonds is 9. The lowest BCUT2D eigenvalue weighted by Gasteiger charge is -2.17. The summed E-state index contributed by atoms with van der Waals surface area (Å²) in [5.74, 6) is 0.299. The van der Waals surface area contributed by atoms with Crippen LogP contribution in [0.2, 0.25) is 0 Å². The first-order chi connectivity index (χ1) is 12.1. The van der Waals surface area contributed by atoms with Crippen LogP contribution in [0.5, 0.6) is 5.75 Å². The normalized spacial score (nSPS) is 13.0. The van der Waals surface area contributed by atoms with Crippen LogP contribution < -0.4 is 9.46 Å². The zero-order valence-electron chi connectivity index (χ0n) is 14.3. The molecule has 0 aliphatic heterocycles. The highest BCUT2D eigenvalue weighted by molar-refractivity contribution is 7.83. The van der Waals surface area contributed by atoms with E-state index in [4.69, 9.17) is 9.47 Å². The molecule has 0 aliphatic carbocycles. The van der Waals surface area contributed by atoms with Crippen LogP contribution in [0.25, 0.3) is 0 Å². The summed E-state index contributed by atoms with van der Waals surface area (Å²) in [4.78, 5) is 16.5. The zero-order chi connectivity index (χ0) is 18.1. The molecule has 1 aromatic carbocycles. The lowest BCUT2D eigenvalue weighted by Crippen LogP contribution is -2.35. The van der Waals surface area contributed by atoms with Crippen LogP contribution in [0.15, 0.2) is 53.7 Å². The summed E-state index contributed by atoms with van der Waals surface area (Å²) in [7, 11) is 0.0794. The molecule has 0 bridgehead atoms. The van der Waals surface area contributed by atoms with Crippen LogP contribution >= 0.6 is 0 Å². The van der Waals surface area contributed by atoms with Gasteiger partial charge in [-0.05, 0) is 43.2 Å². The van der Waals surface area contributed by atoms with Crippen molar-refractivity contribution in [1.82, 2.24) is 9.71 Å². The first-order valence-corrected chi connectivity index (χ1v) is 9.14. The Bertz CT molecular complexity index is 709. The van der Waals surface area contributed by atoms with E-state index in [2.05, 4.69) is 9.71 Å². The molecule has 2 rings (SSSR count). The fraction of sp³-hybridized carbons (Fsp3) is 0.333. The Morgan fingerprint density at radius 2 is 2.16 bits per heavy atom. The van der Waals surface area contributed by atoms with E-state index >= 15 is 0 Å². The van der Waals surface area contributed by atoms with Crippen LogP contribution in [0, 0.1) is 0 Å². The van der Waals surface area contributed by atoms with Crippen LogP contribution in [-0.2, 0) is 26.9 Å². The number of carbonyl (C=O) groups is 1. The quantitative estimate of drug-likeness (QED) is 0.693. The summed E-state index contributed by atoms with van der Waals surface area (Å²) in [6, 6.07) is 10.4. The van der Waals surface area contributed by atoms with Gasteiger partial charge in [0.1, 0.15) is 16.7 Å². The molecule has 0 saturated carbocycles. The number of carbonyl (C=O) groups excluding carboxylic acids is 1. The van der Waals surface area contributed by atoms with Gasteiger partial charge in [-0.2, -0.15) is 0 Å². The fourth-order valence-electron chi connectivity index (χ4n) is 2.32. The van der Waals surface area contributed by atoms with Crippen molar-refractivity contribution >= 4 is 17.0 Å². The number of nitrogens with zero attached hydrogens (tertiary/aromatic N) is 1. The maximum absolute atomic E-state index is 12.6. The molecule has 0 saturated heterocycles. The Labute approximate surface area is 150 Å². The second-order valence-corrected chi connectivity index (χ2v) is 6.58. The largest absolute Gasteiger partial charge is 0.497 e. The Kier molecular flexibility index (Phi) is 7.56. The molecule has 2 aromatic rings. The highest BCUT2D eigenvalue weighted by Gasteiger charge is 2.19. The molecule has 0 aliphatic rings. The topological polar surface area (TPSA) is 77.5 Å². The van der Waals surface area contributed by atoms with E-state index in [-0.39, 0.29) is 18.4 Å². The first kappa shape index (κ1) is 19.1. The van der Waals surface area contributed by atoms with Gasteiger partial charge in [-0.3, -0.25) is 9.78 Å². The van der Waals surface area contributed by atoms with Gasteiger partial charge in [-0.15, -0.1) is 0 Å². The van der Waals surface area contributed by atoms with Gasteiger partial charge < -0.3 is 9.47 Å². The average molecular weight is 362 g/mol. The standard InChI is InChI=1S/C18H22N2O4S/c1-3-24-18(21)11-15(10-14-6-5-9-19-13-14)20-25(22)17-8-4-7-16(12-17)23-2/h4-9,12-13,15,20H,3,10-11H2,1-2H3. The van der Waals surface area contributed by atoms with Crippen LogP contribution in [-0.4, -0.2) is 34.9 Å². The molecule has 1 heterocycles. The van der Waals surface area contributed by atoms with E-state index in [1.54, 1.807) is 50.7 Å². The van der Waals surface area contributed by atoms with Gasteiger partial charge in [0.05, 0.1) is 25.0 Å². The molecule has 0 amide bonds. The van der Waals surface area contributed by atoms with E-state index in [1.807, 2.05) is 12.1 Å². The fourth-order valence-corrected chi connectivity index (χ4v) is 3.35. The SMILES string of the molecule is CCOC(=O)CC(Cc1cccnc1)NS(=O)c1cccc(OC)c1. The molecular formula is C18H22N2O4S. The minimum atomic E-state index is -1.48. The number of esters is 1. The number of aromatic nitrogens is 1. The van der Waals surface area contributed by atoms with E-state index < -0.39 is 11.0 Å². The van der Waals surface area contributed by atoms with Gasteiger partial charge in [0, 0.05) is 18.4 Å². The maximum atomic E-state index is 12.6. The number of hydrogen-bond acceptors (Lipinski definition) is 5. The lowest BCUT2D eigenvalue weighted by molar-refractivity contribution is -0.143. The van der Waals surface area contributed by atoms with Crippen molar-refractivity contribution < 1.29 is 18.5 Å². The molecule has 1 aromatic heterocycles. The van der Waals surface area contributed by atoms with Crippen LogP contribution in [0.1, 0.15) is 18.9 Å². The van der Waals surface area contributed by atoms with Crippen molar-refractivity contribution in [2.24, 2.45) is 0 Å². The Hall–Kier alpha value is -2.25. The van der Waals surface area contributed by atoms with Crippen molar-refractivity contribution in [3.63, 3.8) is 0 Å². The van der Waals surface area contributed by atoms with Gasteiger partial charge in [0.2, 0.25) is 0 Å². The second kappa shape index (κ2) is 9.90. The van der Waals surface area contributed by atoms with Gasteiger partial charge in [0.15, 0.2) is 0 Å². The molecule has 0 spiro atoms. The second-order valence-electron chi connectivity index (χ2n) is 5.34. The number of pyridine rings is 1. The lowest BCUT2D eigenvalue weighted by atomic mass is 10.1. The Morgan fingerprint density at radius 3 is 2.84 bits per heavy atom. The van der Waals surface area contributed by atoms with E-state index in [1.165, 1.54) is 0 Å². The third kappa shape index (κ3) is 6.28. The highest BCUT2D eigenvalue weighted by atomic mass is 32.2. The molecule has 0 fully saturated rings. The number of ether oxygens (including phenoxy) is 2. The molecule has 2 atom stereocenters. The molecule has 0 radical (unpaired) electrons. The third-order valence-corrected chi connectivity index (χ3v) is 4.68. The molecule has 2 unspecified atom stereocenters. The maximum Gasteiger partial charge on any atom is 0.307 e. The van der Waals surface area contributed by atoms with E-state index in [0.29, 0.717) is 23.7 Å². The molecule has 7 heteroatoms.